The molecule has 2 amide bonds. The Kier molecular flexibility index (Phi) is 2.92. The van der Waals surface area contributed by atoms with Crippen molar-refractivity contribution in [1.29, 1.82) is 5.26 Å². The van der Waals surface area contributed by atoms with E-state index in [4.69, 9.17) is 5.26 Å². The molecule has 12 heavy (non-hydrogen) atoms. The zero-order valence-corrected chi connectivity index (χ0v) is 7.21. The Hall–Kier alpha value is -1.24. The number of likely N-dealkylation sites (tertiary alicyclic amines) is 1. The molecule has 4 heteroatoms. The summed E-state index contributed by atoms with van der Waals surface area (Å²) in [6, 6.07) is 2.12. The van der Waals surface area contributed by atoms with Crippen LogP contribution in [-0.4, -0.2) is 31.1 Å². The fourth-order valence-electron chi connectivity index (χ4n) is 1.43. The van der Waals surface area contributed by atoms with Crippen LogP contribution in [0.15, 0.2) is 0 Å². The molecule has 0 aromatic rings. The van der Waals surface area contributed by atoms with Crippen molar-refractivity contribution in [3.63, 3.8) is 0 Å². The van der Waals surface area contributed by atoms with E-state index in [0.717, 1.165) is 19.4 Å². The Morgan fingerprint density at radius 2 is 2.50 bits per heavy atom. The van der Waals surface area contributed by atoms with Gasteiger partial charge in [0.1, 0.15) is 0 Å². The van der Waals surface area contributed by atoms with Crippen molar-refractivity contribution in [2.75, 3.05) is 20.1 Å². The molecule has 1 heterocycles. The van der Waals surface area contributed by atoms with Gasteiger partial charge in [0.25, 0.3) is 0 Å². The van der Waals surface area contributed by atoms with E-state index in [1.54, 1.807) is 11.9 Å². The highest BCUT2D eigenvalue weighted by Crippen LogP contribution is 2.14. The third-order valence-corrected chi connectivity index (χ3v) is 2.11. The van der Waals surface area contributed by atoms with Gasteiger partial charge in [-0.05, 0) is 12.8 Å². The van der Waals surface area contributed by atoms with Gasteiger partial charge in [-0.1, -0.05) is 0 Å². The molecule has 0 spiro atoms. The molecule has 1 aliphatic heterocycles. The summed E-state index contributed by atoms with van der Waals surface area (Å²) < 4.78 is 0. The molecular weight excluding hydrogens is 154 g/mol. The zero-order chi connectivity index (χ0) is 8.97. The lowest BCUT2D eigenvalue weighted by Gasteiger charge is -2.28. The Labute approximate surface area is 72.2 Å². The van der Waals surface area contributed by atoms with E-state index < -0.39 is 0 Å². The Morgan fingerprint density at radius 3 is 3.08 bits per heavy atom. The molecule has 0 aliphatic carbocycles. The average Bonchev–Trinajstić information content (AvgIpc) is 2.17. The number of hydrogen-bond donors (Lipinski definition) is 1. The summed E-state index contributed by atoms with van der Waals surface area (Å²) in [4.78, 5) is 12.8. The summed E-state index contributed by atoms with van der Waals surface area (Å²) in [5.41, 5.74) is 0. The van der Waals surface area contributed by atoms with E-state index in [1.165, 1.54) is 0 Å². The van der Waals surface area contributed by atoms with Gasteiger partial charge in [0.2, 0.25) is 0 Å². The molecule has 1 N–H and O–H groups in total. The fourth-order valence-corrected chi connectivity index (χ4v) is 1.43. The Bertz CT molecular complexity index is 209. The lowest BCUT2D eigenvalue weighted by molar-refractivity contribution is 0.178. The lowest BCUT2D eigenvalue weighted by atomic mass is 10.0. The number of nitriles is 1. The van der Waals surface area contributed by atoms with E-state index in [1.807, 2.05) is 0 Å². The van der Waals surface area contributed by atoms with Crippen molar-refractivity contribution < 1.29 is 4.79 Å². The second kappa shape index (κ2) is 3.96. The van der Waals surface area contributed by atoms with Gasteiger partial charge >= 0.3 is 6.03 Å². The average molecular weight is 167 g/mol. The van der Waals surface area contributed by atoms with Crippen LogP contribution in [0.5, 0.6) is 0 Å². The molecule has 1 atom stereocenters. The summed E-state index contributed by atoms with van der Waals surface area (Å²) in [6.07, 6.45) is 1.86. The topological polar surface area (TPSA) is 56.1 Å². The molecule has 0 aromatic heterocycles. The van der Waals surface area contributed by atoms with Crippen molar-refractivity contribution in [1.82, 2.24) is 10.2 Å². The van der Waals surface area contributed by atoms with Crippen LogP contribution in [0.3, 0.4) is 0 Å². The van der Waals surface area contributed by atoms with Gasteiger partial charge in [0, 0.05) is 20.1 Å². The van der Waals surface area contributed by atoms with Crippen LogP contribution in [0.4, 0.5) is 4.79 Å². The fraction of sp³-hybridized carbons (Fsp3) is 0.750. The highest BCUT2D eigenvalue weighted by molar-refractivity contribution is 5.73. The predicted molar refractivity (Wildman–Crippen MR) is 44.4 cm³/mol. The minimum atomic E-state index is -0.0741. The van der Waals surface area contributed by atoms with Crippen molar-refractivity contribution in [3.8, 4) is 6.07 Å². The maximum Gasteiger partial charge on any atom is 0.317 e. The molecule has 0 radical (unpaired) electrons. The SMILES string of the molecule is CNC(=O)N1CCCC(C#N)C1. The van der Waals surface area contributed by atoms with Crippen LogP contribution in [0.2, 0.25) is 0 Å². The molecule has 1 saturated heterocycles. The molecule has 66 valence electrons. The number of carbonyl (C=O) groups is 1. The van der Waals surface area contributed by atoms with E-state index in [-0.39, 0.29) is 11.9 Å². The predicted octanol–water partition coefficient (Wildman–Crippen LogP) is 0.561. The van der Waals surface area contributed by atoms with E-state index in [2.05, 4.69) is 11.4 Å². The number of carbonyl (C=O) groups excluding carboxylic acids is 1. The van der Waals surface area contributed by atoms with Crippen LogP contribution in [0, 0.1) is 17.2 Å². The van der Waals surface area contributed by atoms with Gasteiger partial charge in [-0.25, -0.2) is 4.79 Å². The number of piperidine rings is 1. The quantitative estimate of drug-likeness (QED) is 0.573. The highest BCUT2D eigenvalue weighted by atomic mass is 16.2. The number of amides is 2. The van der Waals surface area contributed by atoms with Gasteiger partial charge in [-0.3, -0.25) is 0 Å². The second-order valence-corrected chi connectivity index (χ2v) is 2.97. The summed E-state index contributed by atoms with van der Waals surface area (Å²) >= 11 is 0. The first-order valence-corrected chi connectivity index (χ1v) is 4.14. The second-order valence-electron chi connectivity index (χ2n) is 2.97. The van der Waals surface area contributed by atoms with E-state index in [0.29, 0.717) is 6.54 Å². The minimum Gasteiger partial charge on any atom is -0.341 e. The van der Waals surface area contributed by atoms with Crippen molar-refractivity contribution >= 4 is 6.03 Å². The van der Waals surface area contributed by atoms with Crippen LogP contribution in [-0.2, 0) is 0 Å². The van der Waals surface area contributed by atoms with Gasteiger partial charge in [-0.15, -0.1) is 0 Å². The molecule has 0 bridgehead atoms. The maximum atomic E-state index is 11.1. The van der Waals surface area contributed by atoms with Crippen LogP contribution in [0.25, 0.3) is 0 Å². The first kappa shape index (κ1) is 8.85. The molecule has 1 aliphatic rings. The van der Waals surface area contributed by atoms with Gasteiger partial charge in [-0.2, -0.15) is 5.26 Å². The molecule has 0 aromatic carbocycles. The Morgan fingerprint density at radius 1 is 1.75 bits per heavy atom. The van der Waals surface area contributed by atoms with Gasteiger partial charge in [0.05, 0.1) is 12.0 Å². The molecular formula is C8H13N3O. The highest BCUT2D eigenvalue weighted by Gasteiger charge is 2.22. The number of nitrogens with one attached hydrogen (secondary N) is 1. The van der Waals surface area contributed by atoms with Crippen molar-refractivity contribution in [3.05, 3.63) is 0 Å². The smallest absolute Gasteiger partial charge is 0.317 e. The standard InChI is InChI=1S/C8H13N3O/c1-10-8(12)11-4-2-3-7(5-9)6-11/h7H,2-4,6H2,1H3,(H,10,12). The summed E-state index contributed by atoms with van der Waals surface area (Å²) in [6.45, 7) is 1.36. The maximum absolute atomic E-state index is 11.1. The van der Waals surface area contributed by atoms with Crippen LogP contribution >= 0.6 is 0 Å². The Balaban J connectivity index is 2.47. The summed E-state index contributed by atoms with van der Waals surface area (Å²) in [7, 11) is 1.61. The van der Waals surface area contributed by atoms with Crippen LogP contribution < -0.4 is 5.32 Å². The first-order valence-electron chi connectivity index (χ1n) is 4.14. The number of urea groups is 1. The number of nitrogens with zero attached hydrogens (tertiary/aromatic N) is 2. The molecule has 1 fully saturated rings. The minimum absolute atomic E-state index is 0.0241. The van der Waals surface area contributed by atoms with Gasteiger partial charge < -0.3 is 10.2 Å². The van der Waals surface area contributed by atoms with E-state index in [9.17, 15) is 4.79 Å². The monoisotopic (exact) mass is 167 g/mol. The largest absolute Gasteiger partial charge is 0.341 e. The normalized spacial score (nSPS) is 23.0. The van der Waals surface area contributed by atoms with Crippen molar-refractivity contribution in [2.24, 2.45) is 5.92 Å². The van der Waals surface area contributed by atoms with E-state index >= 15 is 0 Å². The van der Waals surface area contributed by atoms with Crippen molar-refractivity contribution in [2.45, 2.75) is 12.8 Å². The number of rotatable bonds is 0. The summed E-state index contributed by atoms with van der Waals surface area (Å²) in [5.74, 6) is 0.0241. The van der Waals surface area contributed by atoms with Gasteiger partial charge in [0.15, 0.2) is 0 Å². The number of hydrogen-bond acceptors (Lipinski definition) is 2. The first-order chi connectivity index (χ1) is 5.77. The van der Waals surface area contributed by atoms with Crippen LogP contribution in [0.1, 0.15) is 12.8 Å². The molecule has 0 saturated carbocycles. The summed E-state index contributed by atoms with van der Waals surface area (Å²) in [5, 5.41) is 11.2. The molecule has 1 unspecified atom stereocenters. The third-order valence-electron chi connectivity index (χ3n) is 2.11. The third kappa shape index (κ3) is 1.88. The molecule has 1 rings (SSSR count). The molecule has 4 nitrogen and oxygen atoms in total. The zero-order valence-electron chi connectivity index (χ0n) is 7.21. The lowest BCUT2D eigenvalue weighted by Crippen LogP contribution is -2.44.